The molecule has 2 amide bonds. The first-order chi connectivity index (χ1) is 17.5. The molecule has 0 saturated carbocycles. The molecule has 0 atom stereocenters. The molecule has 0 radical (unpaired) electrons. The Morgan fingerprint density at radius 2 is 1.89 bits per heavy atom. The molecule has 180 valence electrons. The van der Waals surface area contributed by atoms with Gasteiger partial charge >= 0.3 is 0 Å². The molecule has 0 aliphatic carbocycles. The number of pyridine rings is 2. The number of imidazole rings is 1. The number of amides is 2. The van der Waals surface area contributed by atoms with E-state index in [9.17, 15) is 9.59 Å². The van der Waals surface area contributed by atoms with Gasteiger partial charge in [-0.25, -0.2) is 9.67 Å². The second-order valence-electron chi connectivity index (χ2n) is 8.31. The number of hydrogen-bond donors (Lipinski definition) is 2. The molecule has 0 fully saturated rings. The SMILES string of the molecule is CCNC(=O)c1c(-c2ccccn2)nc2c(C(=O)NCc3cnn(-c4cccc(C)c4)c3)cccn12. The van der Waals surface area contributed by atoms with Gasteiger partial charge in [-0.15, -0.1) is 0 Å². The number of rotatable bonds is 7. The fourth-order valence-electron chi connectivity index (χ4n) is 4.03. The molecule has 0 spiro atoms. The number of benzene rings is 1. The third-order valence-electron chi connectivity index (χ3n) is 5.71. The van der Waals surface area contributed by atoms with Crippen molar-refractivity contribution in [2.45, 2.75) is 20.4 Å². The van der Waals surface area contributed by atoms with E-state index in [1.54, 1.807) is 51.9 Å². The van der Waals surface area contributed by atoms with E-state index in [-0.39, 0.29) is 11.8 Å². The molecule has 5 rings (SSSR count). The predicted molar refractivity (Wildman–Crippen MR) is 136 cm³/mol. The summed E-state index contributed by atoms with van der Waals surface area (Å²) in [5.74, 6) is -0.587. The summed E-state index contributed by atoms with van der Waals surface area (Å²) in [6.07, 6.45) is 6.98. The van der Waals surface area contributed by atoms with Gasteiger partial charge in [0, 0.05) is 37.2 Å². The molecule has 0 unspecified atom stereocenters. The van der Waals surface area contributed by atoms with Crippen LogP contribution in [0.4, 0.5) is 0 Å². The number of aromatic nitrogens is 5. The van der Waals surface area contributed by atoms with Crippen LogP contribution in [0.5, 0.6) is 0 Å². The molecule has 0 bridgehead atoms. The van der Waals surface area contributed by atoms with E-state index in [0.717, 1.165) is 16.8 Å². The van der Waals surface area contributed by atoms with Crippen molar-refractivity contribution in [2.75, 3.05) is 6.54 Å². The average molecular weight is 480 g/mol. The zero-order valence-corrected chi connectivity index (χ0v) is 20.0. The highest BCUT2D eigenvalue weighted by molar-refractivity contribution is 6.03. The second-order valence-corrected chi connectivity index (χ2v) is 8.31. The van der Waals surface area contributed by atoms with Crippen LogP contribution in [0.1, 0.15) is 38.9 Å². The molecule has 0 aliphatic heterocycles. The summed E-state index contributed by atoms with van der Waals surface area (Å²) >= 11 is 0. The maximum Gasteiger partial charge on any atom is 0.270 e. The van der Waals surface area contributed by atoms with Crippen molar-refractivity contribution in [3.8, 4) is 17.1 Å². The summed E-state index contributed by atoms with van der Waals surface area (Å²) in [5.41, 5.74) is 5.00. The minimum Gasteiger partial charge on any atom is -0.351 e. The van der Waals surface area contributed by atoms with E-state index in [4.69, 9.17) is 0 Å². The monoisotopic (exact) mass is 479 g/mol. The molecule has 2 N–H and O–H groups in total. The lowest BCUT2D eigenvalue weighted by Crippen LogP contribution is -2.25. The fourth-order valence-corrected chi connectivity index (χ4v) is 4.03. The van der Waals surface area contributed by atoms with Gasteiger partial charge in [0.1, 0.15) is 11.4 Å². The summed E-state index contributed by atoms with van der Waals surface area (Å²) in [5, 5.41) is 10.2. The van der Waals surface area contributed by atoms with Crippen molar-refractivity contribution in [3.63, 3.8) is 0 Å². The van der Waals surface area contributed by atoms with E-state index in [0.29, 0.717) is 41.4 Å². The van der Waals surface area contributed by atoms with Crippen molar-refractivity contribution < 1.29 is 9.59 Å². The largest absolute Gasteiger partial charge is 0.351 e. The summed E-state index contributed by atoms with van der Waals surface area (Å²) in [6.45, 7) is 4.63. The topological polar surface area (TPSA) is 106 Å². The van der Waals surface area contributed by atoms with E-state index in [1.165, 1.54) is 0 Å². The van der Waals surface area contributed by atoms with Crippen LogP contribution in [0.2, 0.25) is 0 Å². The van der Waals surface area contributed by atoms with Gasteiger partial charge in [-0.1, -0.05) is 18.2 Å². The van der Waals surface area contributed by atoms with Gasteiger partial charge < -0.3 is 10.6 Å². The first-order valence-electron chi connectivity index (χ1n) is 11.6. The maximum absolute atomic E-state index is 13.2. The predicted octanol–water partition coefficient (Wildman–Crippen LogP) is 3.57. The lowest BCUT2D eigenvalue weighted by Gasteiger charge is -2.07. The number of nitrogens with zero attached hydrogens (tertiary/aromatic N) is 5. The van der Waals surface area contributed by atoms with Crippen LogP contribution >= 0.6 is 0 Å². The van der Waals surface area contributed by atoms with E-state index in [1.807, 2.05) is 50.4 Å². The molecule has 0 aliphatic rings. The van der Waals surface area contributed by atoms with Gasteiger partial charge in [0.05, 0.1) is 23.1 Å². The summed E-state index contributed by atoms with van der Waals surface area (Å²) in [7, 11) is 0. The molecule has 9 nitrogen and oxygen atoms in total. The number of fused-ring (bicyclic) bond motifs is 1. The van der Waals surface area contributed by atoms with Crippen molar-refractivity contribution in [3.05, 3.63) is 102 Å². The van der Waals surface area contributed by atoms with Gasteiger partial charge in [0.25, 0.3) is 11.8 Å². The van der Waals surface area contributed by atoms with Crippen molar-refractivity contribution >= 4 is 17.5 Å². The van der Waals surface area contributed by atoms with Crippen LogP contribution < -0.4 is 10.6 Å². The number of nitrogens with one attached hydrogen (secondary N) is 2. The third-order valence-corrected chi connectivity index (χ3v) is 5.71. The first kappa shape index (κ1) is 23.0. The molecule has 0 saturated heterocycles. The fraction of sp³-hybridized carbons (Fsp3) is 0.148. The molecule has 9 heteroatoms. The lowest BCUT2D eigenvalue weighted by molar-refractivity contribution is 0.0940. The number of carbonyl (C=O) groups is 2. The Balaban J connectivity index is 1.44. The summed E-state index contributed by atoms with van der Waals surface area (Å²) in [6, 6.07) is 16.9. The average Bonchev–Trinajstić information content (AvgIpc) is 3.53. The minimum absolute atomic E-state index is 0.285. The van der Waals surface area contributed by atoms with Gasteiger partial charge in [-0.3, -0.25) is 19.0 Å². The highest BCUT2D eigenvalue weighted by Crippen LogP contribution is 2.24. The zero-order valence-electron chi connectivity index (χ0n) is 20.0. The first-order valence-corrected chi connectivity index (χ1v) is 11.6. The third kappa shape index (κ3) is 4.46. The highest BCUT2D eigenvalue weighted by atomic mass is 16.2. The normalized spacial score (nSPS) is 10.9. The van der Waals surface area contributed by atoms with Crippen molar-refractivity contribution in [2.24, 2.45) is 0 Å². The van der Waals surface area contributed by atoms with Gasteiger partial charge in [-0.05, 0) is 55.8 Å². The molecule has 4 heterocycles. The van der Waals surface area contributed by atoms with Gasteiger partial charge in [0.15, 0.2) is 5.65 Å². The van der Waals surface area contributed by atoms with E-state index in [2.05, 4.69) is 25.7 Å². The molecular formula is C27H25N7O2. The van der Waals surface area contributed by atoms with Gasteiger partial charge in [0.2, 0.25) is 0 Å². The Kier molecular flexibility index (Phi) is 6.27. The molecule has 4 aromatic heterocycles. The lowest BCUT2D eigenvalue weighted by atomic mass is 10.2. The van der Waals surface area contributed by atoms with Crippen LogP contribution in [0.3, 0.4) is 0 Å². The smallest absolute Gasteiger partial charge is 0.270 e. The van der Waals surface area contributed by atoms with Crippen LogP contribution in [-0.4, -0.2) is 42.5 Å². The highest BCUT2D eigenvalue weighted by Gasteiger charge is 2.24. The summed E-state index contributed by atoms with van der Waals surface area (Å²) < 4.78 is 3.42. The molecular weight excluding hydrogens is 454 g/mol. The molecule has 36 heavy (non-hydrogen) atoms. The molecule has 1 aromatic carbocycles. The van der Waals surface area contributed by atoms with Crippen molar-refractivity contribution in [1.29, 1.82) is 0 Å². The summed E-state index contributed by atoms with van der Waals surface area (Å²) in [4.78, 5) is 35.2. The van der Waals surface area contributed by atoms with Crippen LogP contribution in [0.25, 0.3) is 22.7 Å². The van der Waals surface area contributed by atoms with E-state index < -0.39 is 0 Å². The minimum atomic E-state index is -0.302. The Morgan fingerprint density at radius 1 is 1.00 bits per heavy atom. The van der Waals surface area contributed by atoms with Gasteiger partial charge in [-0.2, -0.15) is 5.10 Å². The van der Waals surface area contributed by atoms with E-state index >= 15 is 0 Å². The van der Waals surface area contributed by atoms with Crippen LogP contribution in [0.15, 0.2) is 79.4 Å². The second kappa shape index (κ2) is 9.83. The Bertz CT molecular complexity index is 1550. The Morgan fingerprint density at radius 3 is 2.67 bits per heavy atom. The maximum atomic E-state index is 13.2. The number of aryl methyl sites for hydroxylation is 1. The van der Waals surface area contributed by atoms with Crippen LogP contribution in [0, 0.1) is 6.92 Å². The number of carbonyl (C=O) groups excluding carboxylic acids is 2. The Labute approximate surface area is 207 Å². The Hall–Kier alpha value is -4.79. The quantitative estimate of drug-likeness (QED) is 0.371. The van der Waals surface area contributed by atoms with Crippen LogP contribution in [-0.2, 0) is 6.54 Å². The number of hydrogen-bond acceptors (Lipinski definition) is 5. The van der Waals surface area contributed by atoms with Crippen molar-refractivity contribution in [1.82, 2.24) is 34.8 Å². The zero-order chi connectivity index (χ0) is 25.1. The molecule has 5 aromatic rings. The standard InChI is InChI=1S/C27H25N7O2/c1-3-28-27(36)24-23(22-11-4-5-12-29-22)32-25-21(10-7-13-33(24)25)26(35)30-15-19-16-31-34(17-19)20-9-6-8-18(2)14-20/h4-14,16-17H,3,15H2,1-2H3,(H,28,36)(H,30,35).